The molecule has 4 heteroatoms. The van der Waals surface area contributed by atoms with Crippen LogP contribution < -0.4 is 10.6 Å². The summed E-state index contributed by atoms with van der Waals surface area (Å²) in [5.74, 6) is 0.474. The van der Waals surface area contributed by atoms with Crippen molar-refractivity contribution in [2.75, 3.05) is 13.1 Å². The van der Waals surface area contributed by atoms with E-state index in [0.717, 1.165) is 32.4 Å². The predicted molar refractivity (Wildman–Crippen MR) is 54.0 cm³/mol. The van der Waals surface area contributed by atoms with Crippen molar-refractivity contribution in [3.63, 3.8) is 0 Å². The molecule has 13 heavy (non-hydrogen) atoms. The van der Waals surface area contributed by atoms with Crippen LogP contribution in [-0.2, 0) is 4.79 Å². The van der Waals surface area contributed by atoms with Crippen LogP contribution >= 0.6 is 12.4 Å². The summed E-state index contributed by atoms with van der Waals surface area (Å²) in [5, 5.41) is 6.29. The lowest BCUT2D eigenvalue weighted by Crippen LogP contribution is -2.39. The predicted octanol–water partition coefficient (Wildman–Crippen LogP) is 0.686. The van der Waals surface area contributed by atoms with E-state index in [1.54, 1.807) is 0 Å². The molecule has 1 atom stereocenters. The van der Waals surface area contributed by atoms with Crippen molar-refractivity contribution in [2.45, 2.75) is 31.7 Å². The van der Waals surface area contributed by atoms with Crippen molar-refractivity contribution < 1.29 is 4.79 Å². The van der Waals surface area contributed by atoms with Gasteiger partial charge in [0.2, 0.25) is 5.91 Å². The Balaban J connectivity index is 0.000000845. The van der Waals surface area contributed by atoms with E-state index in [2.05, 4.69) is 17.6 Å². The monoisotopic (exact) mass is 204 g/mol. The van der Waals surface area contributed by atoms with Gasteiger partial charge in [-0.05, 0) is 32.7 Å². The van der Waals surface area contributed by atoms with Crippen LogP contribution in [0.4, 0.5) is 0 Å². The summed E-state index contributed by atoms with van der Waals surface area (Å²) in [6.45, 7) is 3.98. The molecule has 0 aromatic heterocycles. The van der Waals surface area contributed by atoms with E-state index in [9.17, 15) is 4.79 Å². The van der Waals surface area contributed by atoms with Crippen LogP contribution in [0.1, 0.15) is 26.2 Å². The average molecular weight is 205 g/mol. The molecule has 76 valence electrons. The molecule has 0 bridgehead atoms. The molecule has 1 saturated carbocycles. The van der Waals surface area contributed by atoms with Gasteiger partial charge in [0.05, 0.1) is 5.92 Å². The first kappa shape index (κ1) is 10.8. The maximum Gasteiger partial charge on any atom is 0.224 e. The highest BCUT2D eigenvalue weighted by molar-refractivity contribution is 5.85. The Labute approximate surface area is 85.1 Å². The van der Waals surface area contributed by atoms with Gasteiger partial charge in [-0.2, -0.15) is 0 Å². The second-order valence-electron chi connectivity index (χ2n) is 4.24. The number of hydrogen-bond acceptors (Lipinski definition) is 2. The Morgan fingerprint density at radius 1 is 1.54 bits per heavy atom. The first-order valence-electron chi connectivity index (χ1n) is 4.72. The van der Waals surface area contributed by atoms with E-state index in [4.69, 9.17) is 0 Å². The zero-order chi connectivity index (χ0) is 8.60. The minimum atomic E-state index is 0. The van der Waals surface area contributed by atoms with Crippen LogP contribution in [0.5, 0.6) is 0 Å². The fourth-order valence-electron chi connectivity index (χ4n) is 1.59. The van der Waals surface area contributed by atoms with Gasteiger partial charge < -0.3 is 10.6 Å². The Morgan fingerprint density at radius 2 is 2.23 bits per heavy atom. The van der Waals surface area contributed by atoms with E-state index in [1.165, 1.54) is 0 Å². The summed E-state index contributed by atoms with van der Waals surface area (Å²) >= 11 is 0. The summed E-state index contributed by atoms with van der Waals surface area (Å²) in [6, 6.07) is 0. The lowest BCUT2D eigenvalue weighted by molar-refractivity contribution is -0.125. The van der Waals surface area contributed by atoms with Crippen molar-refractivity contribution in [3.05, 3.63) is 0 Å². The fraction of sp³-hybridized carbons (Fsp3) is 0.889. The Morgan fingerprint density at radius 3 is 2.69 bits per heavy atom. The normalized spacial score (nSPS) is 29.2. The zero-order valence-corrected chi connectivity index (χ0v) is 8.75. The molecule has 2 fully saturated rings. The Bertz CT molecular complexity index is 198. The van der Waals surface area contributed by atoms with Gasteiger partial charge in [0.15, 0.2) is 0 Å². The summed E-state index contributed by atoms with van der Waals surface area (Å²) < 4.78 is 0. The van der Waals surface area contributed by atoms with Crippen LogP contribution in [0.2, 0.25) is 0 Å². The molecule has 0 spiro atoms. The van der Waals surface area contributed by atoms with Crippen molar-refractivity contribution in [1.82, 2.24) is 10.6 Å². The zero-order valence-electron chi connectivity index (χ0n) is 7.93. The first-order chi connectivity index (χ1) is 5.70. The first-order valence-corrected chi connectivity index (χ1v) is 4.72. The maximum atomic E-state index is 11.5. The Kier molecular flexibility index (Phi) is 3.19. The third-order valence-electron chi connectivity index (χ3n) is 2.86. The molecule has 1 saturated heterocycles. The molecule has 1 heterocycles. The van der Waals surface area contributed by atoms with E-state index in [0.29, 0.717) is 0 Å². The van der Waals surface area contributed by atoms with Crippen molar-refractivity contribution in [3.8, 4) is 0 Å². The van der Waals surface area contributed by atoms with Gasteiger partial charge in [0.1, 0.15) is 0 Å². The van der Waals surface area contributed by atoms with Crippen LogP contribution in [-0.4, -0.2) is 24.5 Å². The molecule has 0 aromatic carbocycles. The third kappa shape index (κ3) is 2.58. The van der Waals surface area contributed by atoms with Gasteiger partial charge in [0, 0.05) is 12.1 Å². The smallest absolute Gasteiger partial charge is 0.224 e. The van der Waals surface area contributed by atoms with Crippen LogP contribution in [0, 0.1) is 5.92 Å². The molecular formula is C9H17ClN2O. The van der Waals surface area contributed by atoms with Crippen molar-refractivity contribution in [2.24, 2.45) is 5.92 Å². The van der Waals surface area contributed by atoms with Gasteiger partial charge in [-0.1, -0.05) is 0 Å². The molecule has 2 rings (SSSR count). The topological polar surface area (TPSA) is 41.1 Å². The molecule has 1 aliphatic heterocycles. The molecule has 3 nitrogen and oxygen atoms in total. The van der Waals surface area contributed by atoms with Crippen LogP contribution in [0.3, 0.4) is 0 Å². The number of carbonyl (C=O) groups excluding carboxylic acids is 1. The largest absolute Gasteiger partial charge is 0.351 e. The number of nitrogens with one attached hydrogen (secondary N) is 2. The summed E-state index contributed by atoms with van der Waals surface area (Å²) in [4.78, 5) is 11.5. The van der Waals surface area contributed by atoms with Gasteiger partial charge in [-0.15, -0.1) is 12.4 Å². The number of rotatable bonds is 2. The molecule has 0 radical (unpaired) electrons. The Hall–Kier alpha value is -0.280. The highest BCUT2D eigenvalue weighted by Crippen LogP contribution is 2.34. The van der Waals surface area contributed by atoms with E-state index in [1.807, 2.05) is 0 Å². The highest BCUT2D eigenvalue weighted by atomic mass is 35.5. The average Bonchev–Trinajstić information content (AvgIpc) is 2.55. The van der Waals surface area contributed by atoms with Gasteiger partial charge in [0.25, 0.3) is 0 Å². The quantitative estimate of drug-likeness (QED) is 0.695. The highest BCUT2D eigenvalue weighted by Gasteiger charge is 2.40. The molecule has 1 aliphatic carbocycles. The van der Waals surface area contributed by atoms with E-state index in [-0.39, 0.29) is 29.8 Å². The van der Waals surface area contributed by atoms with Gasteiger partial charge >= 0.3 is 0 Å². The standard InChI is InChI=1S/C9H16N2O.ClH/c1-9(3-4-9)11-8(12)7-2-5-10-6-7;/h7,10H,2-6H2,1H3,(H,11,12);1H/t7-;/m0./s1. The molecule has 0 unspecified atom stereocenters. The lowest BCUT2D eigenvalue weighted by Gasteiger charge is -2.14. The maximum absolute atomic E-state index is 11.5. The number of amides is 1. The summed E-state index contributed by atoms with van der Waals surface area (Å²) in [5.41, 5.74) is 0.152. The second kappa shape index (κ2) is 3.84. The van der Waals surface area contributed by atoms with Crippen LogP contribution in [0.25, 0.3) is 0 Å². The number of hydrogen-bond donors (Lipinski definition) is 2. The third-order valence-corrected chi connectivity index (χ3v) is 2.86. The molecular weight excluding hydrogens is 188 g/mol. The molecule has 2 N–H and O–H groups in total. The molecule has 0 aromatic rings. The van der Waals surface area contributed by atoms with E-state index >= 15 is 0 Å². The SMILES string of the molecule is CC1(NC(=O)[C@H]2CCNC2)CC1.Cl. The number of carbonyl (C=O) groups is 1. The van der Waals surface area contributed by atoms with Crippen molar-refractivity contribution >= 4 is 18.3 Å². The van der Waals surface area contributed by atoms with Crippen molar-refractivity contribution in [1.29, 1.82) is 0 Å². The fourth-order valence-corrected chi connectivity index (χ4v) is 1.59. The lowest BCUT2D eigenvalue weighted by atomic mass is 10.1. The van der Waals surface area contributed by atoms with E-state index < -0.39 is 0 Å². The molecule has 2 aliphatic rings. The van der Waals surface area contributed by atoms with Gasteiger partial charge in [-0.25, -0.2) is 0 Å². The van der Waals surface area contributed by atoms with Gasteiger partial charge in [-0.3, -0.25) is 4.79 Å². The minimum absolute atomic E-state index is 0. The summed E-state index contributed by atoms with van der Waals surface area (Å²) in [6.07, 6.45) is 3.31. The summed E-state index contributed by atoms with van der Waals surface area (Å²) in [7, 11) is 0. The second-order valence-corrected chi connectivity index (χ2v) is 4.24. The minimum Gasteiger partial charge on any atom is -0.351 e. The number of halogens is 1. The van der Waals surface area contributed by atoms with Crippen LogP contribution in [0.15, 0.2) is 0 Å². The molecule has 1 amide bonds.